The van der Waals surface area contributed by atoms with Crippen molar-refractivity contribution < 1.29 is 14.7 Å². The number of aliphatic carboxylic acids is 1. The number of hydrogen-bond acceptors (Lipinski definition) is 3. The fourth-order valence-corrected chi connectivity index (χ4v) is 4.29. The minimum atomic E-state index is -0.884. The second kappa shape index (κ2) is 6.83. The Kier molecular flexibility index (Phi) is 5.92. The summed E-state index contributed by atoms with van der Waals surface area (Å²) in [5.41, 5.74) is 0.190. The van der Waals surface area contributed by atoms with Crippen molar-refractivity contribution in [3.05, 3.63) is 0 Å². The molecule has 3 atom stereocenters. The maximum atomic E-state index is 12.5. The molecule has 1 aliphatic heterocycles. The van der Waals surface area contributed by atoms with E-state index in [4.69, 9.17) is 0 Å². The number of hydrogen-bond donors (Lipinski definition) is 1. The molecule has 0 saturated carbocycles. The summed E-state index contributed by atoms with van der Waals surface area (Å²) in [7, 11) is 0. The number of carboxylic acids is 1. The number of carbonyl (C=O) groups excluding carboxylic acids is 1. The minimum absolute atomic E-state index is 0.00833. The largest absolute Gasteiger partial charge is 0.480 e. The highest BCUT2D eigenvalue weighted by Crippen LogP contribution is 2.33. The van der Waals surface area contributed by atoms with Gasteiger partial charge in [0, 0.05) is 12.2 Å². The second-order valence-corrected chi connectivity index (χ2v) is 8.14. The molecule has 0 aliphatic carbocycles. The maximum Gasteiger partial charge on any atom is 0.327 e. The molecule has 0 bridgehead atoms. The molecule has 116 valence electrons. The first kappa shape index (κ1) is 17.3. The Balaban J connectivity index is 2.70. The van der Waals surface area contributed by atoms with Gasteiger partial charge >= 0.3 is 5.97 Å². The van der Waals surface area contributed by atoms with Crippen LogP contribution in [-0.4, -0.2) is 39.1 Å². The number of carbonyl (C=O) groups is 2. The lowest BCUT2D eigenvalue weighted by molar-refractivity contribution is -0.149. The molecule has 1 rings (SSSR count). The molecule has 0 aromatic carbocycles. The molecule has 0 radical (unpaired) electrons. The lowest BCUT2D eigenvalue weighted by atomic mass is 9.84. The highest BCUT2D eigenvalue weighted by molar-refractivity contribution is 8.00. The van der Waals surface area contributed by atoms with Crippen LogP contribution in [0.4, 0.5) is 0 Å². The molecule has 0 aromatic rings. The van der Waals surface area contributed by atoms with E-state index in [1.165, 1.54) is 0 Å². The molecule has 20 heavy (non-hydrogen) atoms. The first-order valence-corrected chi connectivity index (χ1v) is 8.36. The summed E-state index contributed by atoms with van der Waals surface area (Å²) in [5, 5.41) is 9.28. The lowest BCUT2D eigenvalue weighted by Crippen LogP contribution is -2.46. The topological polar surface area (TPSA) is 57.6 Å². The SMILES string of the molecule is CCC1SCC(C(=O)O)N1C(=O)CC(C)CC(C)(C)C. The van der Waals surface area contributed by atoms with E-state index in [0.29, 0.717) is 12.2 Å². The normalized spacial score (nSPS) is 24.8. The van der Waals surface area contributed by atoms with E-state index >= 15 is 0 Å². The molecular formula is C15H27NO3S. The summed E-state index contributed by atoms with van der Waals surface area (Å²) in [6, 6.07) is -0.653. The summed E-state index contributed by atoms with van der Waals surface area (Å²) >= 11 is 1.58. The van der Waals surface area contributed by atoms with Crippen LogP contribution >= 0.6 is 11.8 Å². The number of thioether (sulfide) groups is 1. The van der Waals surface area contributed by atoms with Gasteiger partial charge in [0.05, 0.1) is 5.37 Å². The quantitative estimate of drug-likeness (QED) is 0.847. The Hall–Kier alpha value is -0.710. The average molecular weight is 301 g/mol. The fraction of sp³-hybridized carbons (Fsp3) is 0.867. The second-order valence-electron chi connectivity index (χ2n) is 6.93. The van der Waals surface area contributed by atoms with Crippen LogP contribution in [0.2, 0.25) is 0 Å². The van der Waals surface area contributed by atoms with Crippen LogP contribution in [0.1, 0.15) is 53.9 Å². The average Bonchev–Trinajstić information content (AvgIpc) is 2.69. The van der Waals surface area contributed by atoms with Gasteiger partial charge in [0.15, 0.2) is 0 Å². The molecule has 0 spiro atoms. The molecule has 5 heteroatoms. The van der Waals surface area contributed by atoms with Gasteiger partial charge in [0.1, 0.15) is 6.04 Å². The molecule has 3 unspecified atom stereocenters. The third-order valence-electron chi connectivity index (χ3n) is 3.50. The minimum Gasteiger partial charge on any atom is -0.480 e. The zero-order chi connectivity index (χ0) is 15.5. The predicted octanol–water partition coefficient (Wildman–Crippen LogP) is 3.21. The zero-order valence-electron chi connectivity index (χ0n) is 13.2. The zero-order valence-corrected chi connectivity index (χ0v) is 14.0. The molecule has 4 nitrogen and oxygen atoms in total. The third-order valence-corrected chi connectivity index (χ3v) is 4.95. The van der Waals surface area contributed by atoms with Gasteiger partial charge in [0.2, 0.25) is 5.91 Å². The molecule has 1 saturated heterocycles. The summed E-state index contributed by atoms with van der Waals surface area (Å²) < 4.78 is 0. The Morgan fingerprint density at radius 3 is 2.45 bits per heavy atom. The van der Waals surface area contributed by atoms with E-state index in [2.05, 4.69) is 27.7 Å². The highest BCUT2D eigenvalue weighted by Gasteiger charge is 2.40. The van der Waals surface area contributed by atoms with E-state index in [1.54, 1.807) is 16.7 Å². The number of amides is 1. The number of nitrogens with zero attached hydrogens (tertiary/aromatic N) is 1. The maximum absolute atomic E-state index is 12.5. The van der Waals surface area contributed by atoms with Crippen LogP contribution in [0.15, 0.2) is 0 Å². The number of carboxylic acid groups (broad SMARTS) is 1. The van der Waals surface area contributed by atoms with Crippen LogP contribution in [0.5, 0.6) is 0 Å². The molecule has 1 heterocycles. The van der Waals surface area contributed by atoms with Crippen molar-refractivity contribution in [2.75, 3.05) is 5.75 Å². The van der Waals surface area contributed by atoms with Crippen molar-refractivity contribution in [2.45, 2.75) is 65.3 Å². The number of rotatable bonds is 5. The molecular weight excluding hydrogens is 274 g/mol. The van der Waals surface area contributed by atoms with Crippen LogP contribution in [0, 0.1) is 11.3 Å². The van der Waals surface area contributed by atoms with Gasteiger partial charge in [-0.05, 0) is 24.2 Å². The van der Waals surface area contributed by atoms with Gasteiger partial charge in [-0.2, -0.15) is 0 Å². The summed E-state index contributed by atoms with van der Waals surface area (Å²) in [4.78, 5) is 25.4. The van der Waals surface area contributed by atoms with E-state index in [-0.39, 0.29) is 22.6 Å². The summed E-state index contributed by atoms with van der Waals surface area (Å²) in [6.45, 7) is 10.6. The van der Waals surface area contributed by atoms with Crippen molar-refractivity contribution in [1.29, 1.82) is 0 Å². The van der Waals surface area contributed by atoms with Crippen LogP contribution in [-0.2, 0) is 9.59 Å². The van der Waals surface area contributed by atoms with Crippen molar-refractivity contribution in [3.8, 4) is 0 Å². The molecule has 1 aliphatic rings. The van der Waals surface area contributed by atoms with Crippen molar-refractivity contribution in [2.24, 2.45) is 11.3 Å². The van der Waals surface area contributed by atoms with Gasteiger partial charge in [-0.1, -0.05) is 34.6 Å². The Bertz CT molecular complexity index is 365. The van der Waals surface area contributed by atoms with Gasteiger partial charge in [-0.3, -0.25) is 4.79 Å². The Morgan fingerprint density at radius 1 is 1.40 bits per heavy atom. The smallest absolute Gasteiger partial charge is 0.327 e. The molecule has 0 aromatic heterocycles. The van der Waals surface area contributed by atoms with E-state index < -0.39 is 12.0 Å². The summed E-state index contributed by atoms with van der Waals surface area (Å²) in [5.74, 6) is -0.107. The van der Waals surface area contributed by atoms with Crippen LogP contribution < -0.4 is 0 Å². The fourth-order valence-electron chi connectivity index (χ4n) is 2.92. The van der Waals surface area contributed by atoms with Gasteiger partial charge in [-0.15, -0.1) is 11.8 Å². The van der Waals surface area contributed by atoms with Gasteiger partial charge < -0.3 is 10.0 Å². The first-order chi connectivity index (χ1) is 9.15. The summed E-state index contributed by atoms with van der Waals surface area (Å²) in [6.07, 6.45) is 2.21. The van der Waals surface area contributed by atoms with Crippen molar-refractivity contribution >= 4 is 23.6 Å². The Labute approximate surface area is 126 Å². The lowest BCUT2D eigenvalue weighted by Gasteiger charge is -2.29. The Morgan fingerprint density at radius 2 is 2.00 bits per heavy atom. The standard InChI is InChI=1S/C15H27NO3S/c1-6-13-16(11(9-20-13)14(18)19)12(17)7-10(2)8-15(3,4)5/h10-11,13H,6-9H2,1-5H3,(H,18,19). The molecule has 1 fully saturated rings. The van der Waals surface area contributed by atoms with Crippen LogP contribution in [0.25, 0.3) is 0 Å². The third kappa shape index (κ3) is 4.69. The van der Waals surface area contributed by atoms with Crippen molar-refractivity contribution in [3.63, 3.8) is 0 Å². The van der Waals surface area contributed by atoms with E-state index in [1.807, 2.05) is 6.92 Å². The van der Waals surface area contributed by atoms with Crippen LogP contribution in [0.3, 0.4) is 0 Å². The van der Waals surface area contributed by atoms with E-state index in [9.17, 15) is 14.7 Å². The van der Waals surface area contributed by atoms with Gasteiger partial charge in [-0.25, -0.2) is 4.79 Å². The highest BCUT2D eigenvalue weighted by atomic mass is 32.2. The van der Waals surface area contributed by atoms with E-state index in [0.717, 1.165) is 12.8 Å². The first-order valence-electron chi connectivity index (χ1n) is 7.31. The van der Waals surface area contributed by atoms with Gasteiger partial charge in [0.25, 0.3) is 0 Å². The molecule has 1 amide bonds. The predicted molar refractivity (Wildman–Crippen MR) is 82.7 cm³/mol. The van der Waals surface area contributed by atoms with Crippen molar-refractivity contribution in [1.82, 2.24) is 4.90 Å². The monoisotopic (exact) mass is 301 g/mol. The molecule has 1 N–H and O–H groups in total.